The zero-order valence-electron chi connectivity index (χ0n) is 17.0. The van der Waals surface area contributed by atoms with Gasteiger partial charge in [-0.2, -0.15) is 0 Å². The Kier molecular flexibility index (Phi) is 9.50. The number of hydrogen-bond acceptors (Lipinski definition) is 3. The molecule has 1 fully saturated rings. The number of guanidine groups is 1. The van der Waals surface area contributed by atoms with E-state index in [1.807, 2.05) is 24.3 Å². The quantitative estimate of drug-likeness (QED) is 0.256. The van der Waals surface area contributed by atoms with Gasteiger partial charge in [-0.25, -0.2) is 4.39 Å². The van der Waals surface area contributed by atoms with Crippen molar-refractivity contribution in [3.05, 3.63) is 59.9 Å². The molecule has 2 aromatic rings. The van der Waals surface area contributed by atoms with E-state index in [4.69, 9.17) is 4.74 Å². The lowest BCUT2D eigenvalue weighted by Gasteiger charge is -2.22. The van der Waals surface area contributed by atoms with Crippen molar-refractivity contribution < 1.29 is 9.13 Å². The second-order valence-electron chi connectivity index (χ2n) is 6.98. The highest BCUT2D eigenvalue weighted by Crippen LogP contribution is 2.30. The van der Waals surface area contributed by atoms with E-state index in [-0.39, 0.29) is 29.8 Å². The van der Waals surface area contributed by atoms with Gasteiger partial charge in [0.1, 0.15) is 11.6 Å². The minimum atomic E-state index is -0.177. The average Bonchev–Trinajstić information content (AvgIpc) is 3.18. The molecule has 2 N–H and O–H groups in total. The first-order valence-electron chi connectivity index (χ1n) is 9.79. The number of ether oxygens (including phenoxy) is 1. The SMILES string of the molecule is CN=C(NCCCc1cccc(F)c1)NC1CCN(c2ccccc2OC)C1.I. The predicted molar refractivity (Wildman–Crippen MR) is 128 cm³/mol. The first kappa shape index (κ1) is 23.3. The van der Waals surface area contributed by atoms with Gasteiger partial charge in [-0.1, -0.05) is 24.3 Å². The lowest BCUT2D eigenvalue weighted by atomic mass is 10.1. The number of para-hydroxylation sites is 2. The number of hydrogen-bond donors (Lipinski definition) is 2. The van der Waals surface area contributed by atoms with Crippen LogP contribution in [0.25, 0.3) is 0 Å². The number of nitrogens with zero attached hydrogens (tertiary/aromatic N) is 2. The van der Waals surface area contributed by atoms with Crippen LogP contribution in [0.15, 0.2) is 53.5 Å². The fourth-order valence-corrected chi connectivity index (χ4v) is 3.57. The van der Waals surface area contributed by atoms with Crippen LogP contribution in [0.2, 0.25) is 0 Å². The Morgan fingerprint density at radius 2 is 2.07 bits per heavy atom. The molecule has 1 unspecified atom stereocenters. The van der Waals surface area contributed by atoms with Crippen molar-refractivity contribution in [2.75, 3.05) is 38.7 Å². The van der Waals surface area contributed by atoms with Crippen LogP contribution in [-0.2, 0) is 6.42 Å². The molecule has 7 heteroatoms. The number of rotatable bonds is 7. The van der Waals surface area contributed by atoms with Crippen LogP contribution in [0, 0.1) is 5.82 Å². The van der Waals surface area contributed by atoms with Crippen molar-refractivity contribution in [2.45, 2.75) is 25.3 Å². The molecule has 1 saturated heterocycles. The summed E-state index contributed by atoms with van der Waals surface area (Å²) in [5, 5.41) is 6.87. The van der Waals surface area contributed by atoms with E-state index in [9.17, 15) is 4.39 Å². The van der Waals surface area contributed by atoms with E-state index in [1.54, 1.807) is 26.3 Å². The summed E-state index contributed by atoms with van der Waals surface area (Å²) in [6, 6.07) is 15.2. The van der Waals surface area contributed by atoms with Crippen LogP contribution in [0.1, 0.15) is 18.4 Å². The normalized spacial score (nSPS) is 16.3. The van der Waals surface area contributed by atoms with E-state index >= 15 is 0 Å². The highest BCUT2D eigenvalue weighted by atomic mass is 127. The summed E-state index contributed by atoms with van der Waals surface area (Å²) in [7, 11) is 3.50. The van der Waals surface area contributed by atoms with Gasteiger partial charge in [-0.3, -0.25) is 4.99 Å². The standard InChI is InChI=1S/C22H29FN4O.HI/c1-24-22(25-13-6-8-17-7-5-9-18(23)15-17)26-19-12-14-27(16-19)20-10-3-4-11-21(20)28-2;/h3-5,7,9-11,15,19H,6,8,12-14,16H2,1-2H3,(H2,24,25,26);1H. The number of benzene rings is 2. The van der Waals surface area contributed by atoms with Crippen LogP contribution in [0.5, 0.6) is 5.75 Å². The monoisotopic (exact) mass is 512 g/mol. The topological polar surface area (TPSA) is 48.9 Å². The van der Waals surface area contributed by atoms with Crippen LogP contribution in [0.3, 0.4) is 0 Å². The molecule has 0 aromatic heterocycles. The van der Waals surface area contributed by atoms with Crippen molar-refractivity contribution in [3.8, 4) is 5.75 Å². The van der Waals surface area contributed by atoms with Crippen molar-refractivity contribution >= 4 is 35.6 Å². The Labute approximate surface area is 189 Å². The highest BCUT2D eigenvalue weighted by Gasteiger charge is 2.25. The molecule has 1 atom stereocenters. The largest absolute Gasteiger partial charge is 0.495 e. The summed E-state index contributed by atoms with van der Waals surface area (Å²) < 4.78 is 18.7. The fourth-order valence-electron chi connectivity index (χ4n) is 3.57. The highest BCUT2D eigenvalue weighted by molar-refractivity contribution is 14.0. The number of halogens is 2. The molecule has 0 bridgehead atoms. The number of aryl methyl sites for hydroxylation is 1. The fraction of sp³-hybridized carbons (Fsp3) is 0.409. The van der Waals surface area contributed by atoms with Crippen LogP contribution in [-0.4, -0.2) is 45.8 Å². The molecule has 0 aliphatic carbocycles. The molecule has 3 rings (SSSR count). The van der Waals surface area contributed by atoms with Gasteiger partial charge in [0.25, 0.3) is 0 Å². The number of methoxy groups -OCH3 is 1. The predicted octanol–water partition coefficient (Wildman–Crippen LogP) is 3.83. The van der Waals surface area contributed by atoms with Crippen LogP contribution in [0.4, 0.5) is 10.1 Å². The van der Waals surface area contributed by atoms with Crippen molar-refractivity contribution in [3.63, 3.8) is 0 Å². The van der Waals surface area contributed by atoms with Gasteiger partial charge in [0.15, 0.2) is 5.96 Å². The minimum Gasteiger partial charge on any atom is -0.495 e. The Hall–Kier alpha value is -2.03. The van der Waals surface area contributed by atoms with Crippen molar-refractivity contribution in [1.82, 2.24) is 10.6 Å². The van der Waals surface area contributed by atoms with Gasteiger partial charge in [0, 0.05) is 32.7 Å². The molecule has 1 heterocycles. The van der Waals surface area contributed by atoms with Gasteiger partial charge in [0.2, 0.25) is 0 Å². The molecule has 1 aliphatic heterocycles. The van der Waals surface area contributed by atoms with E-state index in [0.717, 1.165) is 61.9 Å². The van der Waals surface area contributed by atoms with Crippen LogP contribution < -0.4 is 20.3 Å². The Morgan fingerprint density at radius 1 is 1.24 bits per heavy atom. The van der Waals surface area contributed by atoms with Crippen LogP contribution >= 0.6 is 24.0 Å². The van der Waals surface area contributed by atoms with E-state index in [1.165, 1.54) is 6.07 Å². The zero-order valence-corrected chi connectivity index (χ0v) is 19.4. The summed E-state index contributed by atoms with van der Waals surface area (Å²) in [5.41, 5.74) is 2.15. The van der Waals surface area contributed by atoms with Gasteiger partial charge in [-0.05, 0) is 49.1 Å². The summed E-state index contributed by atoms with van der Waals surface area (Å²) >= 11 is 0. The molecule has 0 radical (unpaired) electrons. The van der Waals surface area contributed by atoms with Gasteiger partial charge >= 0.3 is 0 Å². The lowest BCUT2D eigenvalue weighted by Crippen LogP contribution is -2.44. The third-order valence-corrected chi connectivity index (χ3v) is 5.00. The third kappa shape index (κ3) is 6.76. The second kappa shape index (κ2) is 11.8. The first-order valence-corrected chi connectivity index (χ1v) is 9.79. The average molecular weight is 512 g/mol. The summed E-state index contributed by atoms with van der Waals surface area (Å²) in [6.07, 6.45) is 2.80. The molecule has 5 nitrogen and oxygen atoms in total. The maximum atomic E-state index is 13.2. The molecule has 0 amide bonds. The van der Waals surface area contributed by atoms with E-state index in [2.05, 4.69) is 26.6 Å². The Morgan fingerprint density at radius 3 is 2.83 bits per heavy atom. The lowest BCUT2D eigenvalue weighted by molar-refractivity contribution is 0.415. The number of anilines is 1. The van der Waals surface area contributed by atoms with Crippen molar-refractivity contribution in [2.24, 2.45) is 4.99 Å². The smallest absolute Gasteiger partial charge is 0.191 e. The van der Waals surface area contributed by atoms with Gasteiger partial charge < -0.3 is 20.3 Å². The molecule has 0 spiro atoms. The maximum absolute atomic E-state index is 13.2. The number of nitrogens with one attached hydrogen (secondary N) is 2. The summed E-state index contributed by atoms with van der Waals surface area (Å²) in [4.78, 5) is 6.67. The van der Waals surface area contributed by atoms with Crippen molar-refractivity contribution in [1.29, 1.82) is 0 Å². The maximum Gasteiger partial charge on any atom is 0.191 e. The molecular weight excluding hydrogens is 482 g/mol. The molecule has 2 aromatic carbocycles. The molecule has 0 saturated carbocycles. The van der Waals surface area contributed by atoms with E-state index < -0.39 is 0 Å². The summed E-state index contributed by atoms with van der Waals surface area (Å²) in [6.45, 7) is 2.68. The zero-order chi connectivity index (χ0) is 19.8. The Balaban J connectivity index is 0.00000300. The second-order valence-corrected chi connectivity index (χ2v) is 6.98. The molecular formula is C22H30FIN4O. The molecule has 29 heavy (non-hydrogen) atoms. The molecule has 1 aliphatic rings. The van der Waals surface area contributed by atoms with Gasteiger partial charge in [-0.15, -0.1) is 24.0 Å². The molecule has 158 valence electrons. The number of aliphatic imine (C=N–C) groups is 1. The third-order valence-electron chi connectivity index (χ3n) is 5.00. The summed E-state index contributed by atoms with van der Waals surface area (Å²) in [5.74, 6) is 1.54. The minimum absolute atomic E-state index is 0. The van der Waals surface area contributed by atoms with E-state index in [0.29, 0.717) is 6.04 Å². The first-order chi connectivity index (χ1) is 13.7. The van der Waals surface area contributed by atoms with Gasteiger partial charge in [0.05, 0.1) is 12.8 Å². The Bertz CT molecular complexity index is 802.